The molecule has 7 rings (SSSR count). The van der Waals surface area contributed by atoms with E-state index < -0.39 is 0 Å². The number of hydrogen-bond donors (Lipinski definition) is 0. The monoisotopic (exact) mass is 321 g/mol. The van der Waals surface area contributed by atoms with Crippen LogP contribution in [-0.2, 0) is 9.59 Å². The minimum Gasteiger partial charge on any atom is -0.461 e. The molecule has 2 amide bonds. The van der Waals surface area contributed by atoms with Crippen molar-refractivity contribution in [1.29, 1.82) is 0 Å². The highest BCUT2D eigenvalue weighted by Gasteiger charge is 2.68. The summed E-state index contributed by atoms with van der Waals surface area (Å²) >= 11 is 0. The fraction of sp³-hybridized carbons (Fsp3) is 0.500. The van der Waals surface area contributed by atoms with Gasteiger partial charge in [-0.15, -0.1) is 0 Å². The van der Waals surface area contributed by atoms with Crippen LogP contribution in [0.5, 0.6) is 0 Å². The molecule has 1 aromatic heterocycles. The first-order valence-electron chi connectivity index (χ1n) is 9.01. The lowest BCUT2D eigenvalue weighted by Crippen LogP contribution is -2.43. The number of imide groups is 1. The fourth-order valence-electron chi connectivity index (χ4n) is 6.10. The Morgan fingerprint density at radius 2 is 1.62 bits per heavy atom. The predicted octanol–water partition coefficient (Wildman–Crippen LogP) is 3.52. The van der Waals surface area contributed by atoms with Gasteiger partial charge in [0.1, 0.15) is 11.3 Å². The average Bonchev–Trinajstić information content (AvgIpc) is 3.25. The number of aryl methyl sites for hydroxylation is 1. The topological polar surface area (TPSA) is 50.5 Å². The van der Waals surface area contributed by atoms with Crippen molar-refractivity contribution in [3.05, 3.63) is 30.0 Å². The summed E-state index contributed by atoms with van der Waals surface area (Å²) in [7, 11) is 0. The minimum atomic E-state index is -0.0539. The first-order chi connectivity index (χ1) is 11.6. The molecule has 0 unspecified atom stereocenters. The quantitative estimate of drug-likeness (QED) is 0.755. The maximum absolute atomic E-state index is 13.1. The number of carbonyl (C=O) groups is 2. The summed E-state index contributed by atoms with van der Waals surface area (Å²) in [4.78, 5) is 27.7. The van der Waals surface area contributed by atoms with Crippen molar-refractivity contribution in [3.8, 4) is 0 Å². The number of hydrogen-bond acceptors (Lipinski definition) is 3. The van der Waals surface area contributed by atoms with E-state index in [1.54, 1.807) is 0 Å². The van der Waals surface area contributed by atoms with Crippen molar-refractivity contribution in [2.45, 2.75) is 26.2 Å². The average molecular weight is 321 g/mol. The standard InChI is InChI=1S/C20H19NO3/c1-9-6-10-7-11(2-5-16(10)24-9)21-19(22)17-12-3-4-13(15-8-14(12)15)18(17)20(21)23/h2,5-7,12-15,17-18H,3-4,8H2,1H3/t12-,13+,14-,15+,17-,18+. The zero-order valence-electron chi connectivity index (χ0n) is 13.6. The SMILES string of the molecule is Cc1cc2cc(N3C(=O)[C@@H]4[C@@H]5CC[C@@H]([C@@H]6C[C@@H]65)[C@@H]4C3=O)ccc2o1. The Hall–Kier alpha value is -2.10. The van der Waals surface area contributed by atoms with Crippen molar-refractivity contribution in [3.63, 3.8) is 0 Å². The second-order valence-corrected chi connectivity index (χ2v) is 8.11. The summed E-state index contributed by atoms with van der Waals surface area (Å²) < 4.78 is 5.61. The summed E-state index contributed by atoms with van der Waals surface area (Å²) in [6.45, 7) is 1.91. The number of nitrogens with zero attached hydrogens (tertiary/aromatic N) is 1. The van der Waals surface area contributed by atoms with Crippen LogP contribution in [0.25, 0.3) is 11.0 Å². The lowest BCUT2D eigenvalue weighted by atomic mass is 9.59. The van der Waals surface area contributed by atoms with Gasteiger partial charge in [0.25, 0.3) is 0 Å². The van der Waals surface area contributed by atoms with Crippen LogP contribution >= 0.6 is 0 Å². The van der Waals surface area contributed by atoms with E-state index in [-0.39, 0.29) is 23.7 Å². The highest BCUT2D eigenvalue weighted by atomic mass is 16.3. The molecule has 1 aliphatic heterocycles. The minimum absolute atomic E-state index is 0.0459. The first kappa shape index (κ1) is 13.2. The third kappa shape index (κ3) is 1.45. The Morgan fingerprint density at radius 3 is 2.29 bits per heavy atom. The van der Waals surface area contributed by atoms with Gasteiger partial charge in [-0.1, -0.05) is 0 Å². The molecule has 4 aliphatic carbocycles. The van der Waals surface area contributed by atoms with Crippen LogP contribution in [0.2, 0.25) is 0 Å². The first-order valence-corrected chi connectivity index (χ1v) is 9.01. The molecule has 122 valence electrons. The summed E-state index contributed by atoms with van der Waals surface area (Å²) in [5, 5.41) is 0.950. The lowest BCUT2D eigenvalue weighted by Gasteiger charge is -2.42. The van der Waals surface area contributed by atoms with Crippen molar-refractivity contribution in [2.75, 3.05) is 4.90 Å². The van der Waals surface area contributed by atoms with Crippen LogP contribution in [0.15, 0.2) is 28.7 Å². The molecule has 6 atom stereocenters. The molecule has 0 N–H and O–H groups in total. The van der Waals surface area contributed by atoms with Crippen molar-refractivity contribution in [1.82, 2.24) is 0 Å². The maximum atomic E-state index is 13.1. The van der Waals surface area contributed by atoms with Crippen molar-refractivity contribution < 1.29 is 14.0 Å². The number of amides is 2. The van der Waals surface area contributed by atoms with Crippen LogP contribution in [0.4, 0.5) is 5.69 Å². The summed E-state index contributed by atoms with van der Waals surface area (Å²) in [6.07, 6.45) is 3.53. The Morgan fingerprint density at radius 1 is 0.958 bits per heavy atom. The molecule has 5 aliphatic rings. The molecule has 0 spiro atoms. The Bertz CT molecular complexity index is 879. The molecular formula is C20H19NO3. The molecule has 2 heterocycles. The summed E-state index contributed by atoms with van der Waals surface area (Å²) in [5.74, 6) is 3.17. The zero-order chi connectivity index (χ0) is 16.2. The van der Waals surface area contributed by atoms with Gasteiger partial charge < -0.3 is 4.42 Å². The van der Waals surface area contributed by atoms with Gasteiger partial charge in [0.2, 0.25) is 11.8 Å². The van der Waals surface area contributed by atoms with Gasteiger partial charge in [-0.05, 0) is 74.1 Å². The summed E-state index contributed by atoms with van der Waals surface area (Å²) in [6, 6.07) is 7.59. The fourth-order valence-corrected chi connectivity index (χ4v) is 6.10. The molecule has 4 heteroatoms. The highest BCUT2D eigenvalue weighted by molar-refractivity contribution is 6.22. The molecule has 2 aromatic rings. The highest BCUT2D eigenvalue weighted by Crippen LogP contribution is 2.68. The number of rotatable bonds is 1. The number of fused-ring (bicyclic) bond motifs is 2. The number of carbonyl (C=O) groups excluding carboxylic acids is 2. The molecule has 4 saturated carbocycles. The van der Waals surface area contributed by atoms with Crippen LogP contribution in [0.1, 0.15) is 25.0 Å². The second-order valence-electron chi connectivity index (χ2n) is 8.11. The van der Waals surface area contributed by atoms with E-state index in [4.69, 9.17) is 4.42 Å². The van der Waals surface area contributed by atoms with Gasteiger partial charge >= 0.3 is 0 Å². The number of anilines is 1. The second kappa shape index (κ2) is 4.11. The van der Waals surface area contributed by atoms with Gasteiger partial charge in [0.15, 0.2) is 0 Å². The van der Waals surface area contributed by atoms with E-state index in [2.05, 4.69) is 0 Å². The van der Waals surface area contributed by atoms with Crippen LogP contribution in [-0.4, -0.2) is 11.8 Å². The molecule has 2 bridgehead atoms. The Kier molecular flexibility index (Phi) is 2.26. The Labute approximate surface area is 139 Å². The van der Waals surface area contributed by atoms with Crippen LogP contribution in [0.3, 0.4) is 0 Å². The van der Waals surface area contributed by atoms with E-state index in [9.17, 15) is 9.59 Å². The zero-order valence-corrected chi connectivity index (χ0v) is 13.6. The molecule has 4 nitrogen and oxygen atoms in total. The van der Waals surface area contributed by atoms with Gasteiger partial charge in [-0.3, -0.25) is 14.5 Å². The van der Waals surface area contributed by atoms with Crippen LogP contribution < -0.4 is 4.90 Å². The molecule has 1 aromatic carbocycles. The molecule has 0 radical (unpaired) electrons. The predicted molar refractivity (Wildman–Crippen MR) is 88.2 cm³/mol. The Balaban J connectivity index is 1.45. The van der Waals surface area contributed by atoms with Gasteiger partial charge in [0, 0.05) is 5.39 Å². The van der Waals surface area contributed by atoms with E-state index >= 15 is 0 Å². The third-order valence-electron chi connectivity index (χ3n) is 7.03. The van der Waals surface area contributed by atoms with Gasteiger partial charge in [-0.25, -0.2) is 0 Å². The molecular weight excluding hydrogens is 302 g/mol. The maximum Gasteiger partial charge on any atom is 0.237 e. The van der Waals surface area contributed by atoms with Gasteiger partial charge in [0.05, 0.1) is 17.5 Å². The molecule has 5 fully saturated rings. The van der Waals surface area contributed by atoms with E-state index in [0.717, 1.165) is 41.4 Å². The van der Waals surface area contributed by atoms with E-state index in [1.165, 1.54) is 11.3 Å². The third-order valence-corrected chi connectivity index (χ3v) is 7.03. The number of benzene rings is 1. The molecule has 24 heavy (non-hydrogen) atoms. The summed E-state index contributed by atoms with van der Waals surface area (Å²) in [5.41, 5.74) is 1.51. The van der Waals surface area contributed by atoms with E-state index in [1.807, 2.05) is 31.2 Å². The number of furan rings is 1. The smallest absolute Gasteiger partial charge is 0.237 e. The van der Waals surface area contributed by atoms with Gasteiger partial charge in [-0.2, -0.15) is 0 Å². The van der Waals surface area contributed by atoms with Crippen molar-refractivity contribution >= 4 is 28.5 Å². The largest absolute Gasteiger partial charge is 0.461 e. The normalized spacial score (nSPS) is 39.5. The molecule has 1 saturated heterocycles. The van der Waals surface area contributed by atoms with E-state index in [0.29, 0.717) is 17.5 Å². The lowest BCUT2D eigenvalue weighted by molar-refractivity contribution is -0.129. The van der Waals surface area contributed by atoms with Crippen molar-refractivity contribution in [2.24, 2.45) is 35.5 Å². The van der Waals surface area contributed by atoms with Crippen LogP contribution in [0, 0.1) is 42.4 Å².